The number of aromatic nitrogens is 3. The van der Waals surface area contributed by atoms with E-state index in [1.807, 2.05) is 54.6 Å². The van der Waals surface area contributed by atoms with E-state index in [9.17, 15) is 13.2 Å². The van der Waals surface area contributed by atoms with Crippen molar-refractivity contribution >= 4 is 60.0 Å². The summed E-state index contributed by atoms with van der Waals surface area (Å²) in [7, 11) is -0.763. The van der Waals surface area contributed by atoms with Gasteiger partial charge >= 0.3 is 0 Å². The molecular weight excluding hydrogens is 682 g/mol. The van der Waals surface area contributed by atoms with E-state index < -0.39 is 15.6 Å². The molecule has 3 aromatic carbocycles. The lowest BCUT2D eigenvalue weighted by atomic mass is 9.93. The highest BCUT2D eigenvalue weighted by Gasteiger charge is 2.45. The van der Waals surface area contributed by atoms with Crippen LogP contribution < -0.4 is 9.62 Å². The van der Waals surface area contributed by atoms with Crippen molar-refractivity contribution in [3.63, 3.8) is 0 Å². The quantitative estimate of drug-likeness (QED) is 0.180. The third-order valence-electron chi connectivity index (χ3n) is 9.87. The number of carbonyl (C=O) groups is 1. The molecule has 7 aromatic rings. The molecule has 1 aliphatic rings. The number of fused-ring (bicyclic) bond motifs is 6. The van der Waals surface area contributed by atoms with Gasteiger partial charge in [-0.25, -0.2) is 29.3 Å². The van der Waals surface area contributed by atoms with E-state index in [-0.39, 0.29) is 11.7 Å². The molecule has 11 nitrogen and oxygen atoms in total. The van der Waals surface area contributed by atoms with Gasteiger partial charge in [0, 0.05) is 49.0 Å². The Hall–Kier alpha value is -5.84. The number of furan rings is 1. The van der Waals surface area contributed by atoms with E-state index in [0.717, 1.165) is 16.1 Å². The first kappa shape index (κ1) is 33.3. The van der Waals surface area contributed by atoms with Gasteiger partial charge in [-0.3, -0.25) is 18.4 Å². The Morgan fingerprint density at radius 1 is 1.06 bits per heavy atom. The second-order valence-electron chi connectivity index (χ2n) is 13.7. The van der Waals surface area contributed by atoms with Crippen LogP contribution in [0.5, 0.6) is 0 Å². The third-order valence-corrected chi connectivity index (χ3v) is 11.1. The van der Waals surface area contributed by atoms with Gasteiger partial charge in [-0.1, -0.05) is 35.9 Å². The maximum Gasteiger partial charge on any atom is 0.255 e. The summed E-state index contributed by atoms with van der Waals surface area (Å²) in [6.07, 6.45) is 1.11. The number of likely N-dealkylation sites (tertiary alicyclic amines) is 1. The number of benzene rings is 3. The molecule has 0 bridgehead atoms. The molecule has 0 atom stereocenters. The number of nitrogens with zero attached hydrogens (tertiary/aromatic N) is 6. The number of sulfonamides is 1. The minimum absolute atomic E-state index is 0.294. The van der Waals surface area contributed by atoms with Gasteiger partial charge < -0.3 is 14.6 Å². The van der Waals surface area contributed by atoms with E-state index >= 15 is 4.39 Å². The normalized spacial score (nSPS) is 14.6. The van der Waals surface area contributed by atoms with Crippen molar-refractivity contribution in [1.82, 2.24) is 24.6 Å². The monoisotopic (exact) mass is 715 g/mol. The molecule has 8 rings (SSSR count). The van der Waals surface area contributed by atoms with Crippen LogP contribution in [0.3, 0.4) is 0 Å². The molecule has 0 spiro atoms. The van der Waals surface area contributed by atoms with Crippen LogP contribution in [0.1, 0.15) is 28.7 Å². The molecule has 5 heterocycles. The average molecular weight is 716 g/mol. The minimum atomic E-state index is -3.76. The number of amides is 1. The van der Waals surface area contributed by atoms with Gasteiger partial charge in [-0.2, -0.15) is 0 Å². The van der Waals surface area contributed by atoms with Crippen LogP contribution in [-0.4, -0.2) is 72.6 Å². The van der Waals surface area contributed by atoms with E-state index in [0.29, 0.717) is 97.7 Å². The lowest BCUT2D eigenvalue weighted by Gasteiger charge is -2.38. The molecule has 1 N–H and O–H groups in total. The molecule has 0 unspecified atom stereocenters. The summed E-state index contributed by atoms with van der Waals surface area (Å²) in [5.41, 5.74) is 5.39. The number of aryl methyl sites for hydroxylation is 1. The number of carbonyl (C=O) groups excluding carboxylic acids is 1. The topological polar surface area (TPSA) is 117 Å². The fraction of sp³-hybridized carbons (Fsp3) is 0.231. The summed E-state index contributed by atoms with van der Waals surface area (Å²) in [5.74, 6) is 0.288. The number of hydrogen-bond acceptors (Lipinski definition) is 7. The van der Waals surface area contributed by atoms with E-state index in [4.69, 9.17) is 21.0 Å². The van der Waals surface area contributed by atoms with Crippen LogP contribution in [0.25, 0.3) is 65.8 Å². The summed E-state index contributed by atoms with van der Waals surface area (Å²) in [6.45, 7) is 13.1. The number of rotatable bonds is 7. The predicted molar refractivity (Wildman–Crippen MR) is 200 cm³/mol. The molecular formula is C39H34FN7O4S. The van der Waals surface area contributed by atoms with Crippen LogP contribution in [0, 0.1) is 19.3 Å². The zero-order chi connectivity index (χ0) is 36.7. The van der Waals surface area contributed by atoms with E-state index in [2.05, 4.69) is 15.1 Å². The summed E-state index contributed by atoms with van der Waals surface area (Å²) >= 11 is 0. The largest absolute Gasteiger partial charge is 0.455 e. The smallest absolute Gasteiger partial charge is 0.255 e. The number of anilines is 1. The Morgan fingerprint density at radius 2 is 1.81 bits per heavy atom. The molecule has 0 saturated carbocycles. The van der Waals surface area contributed by atoms with Gasteiger partial charge in [0.05, 0.1) is 59.4 Å². The lowest BCUT2D eigenvalue weighted by Crippen LogP contribution is -2.57. The van der Waals surface area contributed by atoms with Crippen molar-refractivity contribution in [3.8, 4) is 22.6 Å². The average Bonchev–Trinajstić information content (AvgIpc) is 3.69. The lowest BCUT2D eigenvalue weighted by molar-refractivity contribution is 0.0964. The van der Waals surface area contributed by atoms with Crippen molar-refractivity contribution in [3.05, 3.63) is 107 Å². The zero-order valence-electron chi connectivity index (χ0n) is 29.2. The van der Waals surface area contributed by atoms with Gasteiger partial charge in [-0.15, -0.1) is 0 Å². The number of pyridine rings is 1. The Balaban J connectivity index is 1.38. The van der Waals surface area contributed by atoms with Crippen molar-refractivity contribution in [1.29, 1.82) is 0 Å². The highest BCUT2D eigenvalue weighted by atomic mass is 32.2. The molecule has 4 aromatic heterocycles. The standard InChI is InChI=1S/C39H34FN7O4S/c1-22-10-12-23(13-11-22)37-35(38(48)41-3)26-16-25(31(18-33(26)51-37)45(5)52(6,49)50)28-14-15-29-36(44-28)32-17-24-27(40)8-7-9-30(24)47(32)34(43-29)19-46-20-39(2,21-46)42-4/h7-18H,19-21H2,1-3,5-6H3,(H,41,48). The first-order valence-electron chi connectivity index (χ1n) is 16.6. The van der Waals surface area contributed by atoms with Crippen LogP contribution in [0.15, 0.2) is 77.2 Å². The van der Waals surface area contributed by atoms with Gasteiger partial charge in [0.1, 0.15) is 28.5 Å². The molecule has 0 radical (unpaired) electrons. The highest BCUT2D eigenvalue weighted by Crippen LogP contribution is 2.42. The van der Waals surface area contributed by atoms with E-state index in [1.165, 1.54) is 13.1 Å². The third kappa shape index (κ3) is 5.34. The van der Waals surface area contributed by atoms with Crippen LogP contribution >= 0.6 is 0 Å². The summed E-state index contributed by atoms with van der Waals surface area (Å²) in [6, 6.07) is 21.2. The summed E-state index contributed by atoms with van der Waals surface area (Å²) in [5, 5.41) is 3.61. The van der Waals surface area contributed by atoms with E-state index in [1.54, 1.807) is 37.4 Å². The molecule has 262 valence electrons. The Bertz CT molecular complexity index is 2780. The van der Waals surface area contributed by atoms with Gasteiger partial charge in [-0.05, 0) is 43.3 Å². The van der Waals surface area contributed by atoms with Gasteiger partial charge in [0.2, 0.25) is 10.0 Å². The maximum atomic E-state index is 15.3. The molecule has 52 heavy (non-hydrogen) atoms. The second kappa shape index (κ2) is 11.9. The molecule has 0 aliphatic carbocycles. The SMILES string of the molecule is [C-]#[N+]C1(C)CN(Cc2nc3ccc(-c4cc5c(C(=O)NC)c(-c6ccc(C)cc6)oc5cc4N(C)S(C)(=O)=O)nc3c3cc4c(F)cccc4n23)C1. The molecule has 1 amide bonds. The molecule has 13 heteroatoms. The van der Waals surface area contributed by atoms with Crippen molar-refractivity contribution in [2.75, 3.05) is 37.7 Å². The Morgan fingerprint density at radius 3 is 2.50 bits per heavy atom. The molecule has 1 saturated heterocycles. The van der Waals surface area contributed by atoms with Gasteiger partial charge in [0.15, 0.2) is 0 Å². The summed E-state index contributed by atoms with van der Waals surface area (Å²) in [4.78, 5) is 29.4. The van der Waals surface area contributed by atoms with Gasteiger partial charge in [0.25, 0.3) is 11.4 Å². The zero-order valence-corrected chi connectivity index (χ0v) is 30.0. The first-order chi connectivity index (χ1) is 24.8. The maximum absolute atomic E-state index is 15.3. The summed E-state index contributed by atoms with van der Waals surface area (Å²) < 4.78 is 50.7. The highest BCUT2D eigenvalue weighted by molar-refractivity contribution is 7.92. The Kier molecular flexibility index (Phi) is 7.60. The minimum Gasteiger partial charge on any atom is -0.455 e. The second-order valence-corrected chi connectivity index (χ2v) is 15.7. The van der Waals surface area contributed by atoms with Crippen molar-refractivity contribution in [2.24, 2.45) is 0 Å². The van der Waals surface area contributed by atoms with Crippen LogP contribution in [0.4, 0.5) is 10.1 Å². The molecule has 1 fully saturated rings. The fourth-order valence-electron chi connectivity index (χ4n) is 7.16. The number of hydrogen-bond donors (Lipinski definition) is 1. The first-order valence-corrected chi connectivity index (χ1v) is 18.5. The number of halogens is 1. The molecule has 1 aliphatic heterocycles. The van der Waals surface area contributed by atoms with Crippen molar-refractivity contribution in [2.45, 2.75) is 25.9 Å². The number of nitrogens with one attached hydrogen (secondary N) is 1. The Labute approximate surface area is 299 Å². The van der Waals surface area contributed by atoms with Crippen molar-refractivity contribution < 1.29 is 22.0 Å². The van der Waals surface area contributed by atoms with Crippen LogP contribution in [-0.2, 0) is 16.6 Å². The fourth-order valence-corrected chi connectivity index (χ4v) is 7.67. The predicted octanol–water partition coefficient (Wildman–Crippen LogP) is 6.81. The van der Waals surface area contributed by atoms with Crippen LogP contribution in [0.2, 0.25) is 0 Å².